The summed E-state index contributed by atoms with van der Waals surface area (Å²) in [4.78, 5) is 23.9. The molecule has 2 N–H and O–H groups in total. The highest BCUT2D eigenvalue weighted by molar-refractivity contribution is 5.69. The van der Waals surface area contributed by atoms with Crippen LogP contribution >= 0.6 is 0 Å². The van der Waals surface area contributed by atoms with E-state index in [4.69, 9.17) is 9.47 Å². The van der Waals surface area contributed by atoms with Crippen LogP contribution in [0, 0.1) is 46.3 Å². The molecule has 0 spiro atoms. The number of hydrogen-bond acceptors (Lipinski definition) is 6. The lowest BCUT2D eigenvalue weighted by Gasteiger charge is -2.63. The van der Waals surface area contributed by atoms with Crippen LogP contribution in [0.4, 0.5) is 0 Å². The second-order valence-electron chi connectivity index (χ2n) is 12.2. The third-order valence-electron chi connectivity index (χ3n) is 10.8. The number of methoxy groups -OCH3 is 1. The molecule has 6 heteroatoms. The van der Waals surface area contributed by atoms with Crippen molar-refractivity contribution in [2.24, 2.45) is 46.3 Å². The van der Waals surface area contributed by atoms with Crippen LogP contribution in [-0.4, -0.2) is 47.6 Å². The monoisotopic (exact) mass is 464 g/mol. The van der Waals surface area contributed by atoms with Crippen LogP contribution in [-0.2, 0) is 19.1 Å². The van der Waals surface area contributed by atoms with Gasteiger partial charge in [-0.05, 0) is 91.8 Å². The van der Waals surface area contributed by atoms with Gasteiger partial charge in [-0.1, -0.05) is 20.8 Å². The van der Waals surface area contributed by atoms with E-state index in [-0.39, 0.29) is 40.9 Å². The Morgan fingerprint density at radius 3 is 2.45 bits per heavy atom. The molecule has 0 saturated heterocycles. The lowest BCUT2D eigenvalue weighted by atomic mass is 9.43. The first kappa shape index (κ1) is 25.0. The van der Waals surface area contributed by atoms with Gasteiger partial charge in [0.15, 0.2) is 0 Å². The van der Waals surface area contributed by atoms with Gasteiger partial charge in [0.2, 0.25) is 0 Å². The maximum Gasteiger partial charge on any atom is 0.305 e. The third kappa shape index (κ3) is 4.13. The van der Waals surface area contributed by atoms with E-state index in [1.807, 2.05) is 0 Å². The van der Waals surface area contributed by atoms with Crippen molar-refractivity contribution in [1.29, 1.82) is 0 Å². The quantitative estimate of drug-likeness (QED) is 0.595. The highest BCUT2D eigenvalue weighted by Gasteiger charge is 2.66. The van der Waals surface area contributed by atoms with E-state index in [1.54, 1.807) is 0 Å². The van der Waals surface area contributed by atoms with Crippen LogP contribution in [0.1, 0.15) is 85.5 Å². The molecule has 4 rings (SSSR count). The van der Waals surface area contributed by atoms with Crippen molar-refractivity contribution in [3.63, 3.8) is 0 Å². The van der Waals surface area contributed by atoms with Crippen molar-refractivity contribution in [3.8, 4) is 0 Å². The second kappa shape index (κ2) is 9.14. The number of ether oxygens (including phenoxy) is 2. The number of carbonyl (C=O) groups excluding carboxylic acids is 2. The molecule has 188 valence electrons. The topological polar surface area (TPSA) is 93.1 Å². The summed E-state index contributed by atoms with van der Waals surface area (Å²) in [7, 11) is 1.43. The van der Waals surface area contributed by atoms with Crippen molar-refractivity contribution in [3.05, 3.63) is 0 Å². The van der Waals surface area contributed by atoms with Gasteiger partial charge in [0, 0.05) is 19.3 Å². The summed E-state index contributed by atoms with van der Waals surface area (Å²) in [5, 5.41) is 22.1. The van der Waals surface area contributed by atoms with Crippen molar-refractivity contribution < 1.29 is 29.3 Å². The fourth-order valence-corrected chi connectivity index (χ4v) is 9.09. The van der Waals surface area contributed by atoms with Gasteiger partial charge in [-0.15, -0.1) is 0 Å². The normalized spacial score (nSPS) is 47.6. The Labute approximate surface area is 198 Å². The van der Waals surface area contributed by atoms with E-state index in [0.717, 1.165) is 51.4 Å². The van der Waals surface area contributed by atoms with E-state index in [9.17, 15) is 19.8 Å². The molecule has 0 bridgehead atoms. The summed E-state index contributed by atoms with van der Waals surface area (Å²) in [6.07, 6.45) is 6.54. The molecule has 4 saturated carbocycles. The lowest BCUT2D eigenvalue weighted by molar-refractivity contribution is -0.216. The molecule has 0 amide bonds. The number of fused-ring (bicyclic) bond motifs is 5. The molecule has 33 heavy (non-hydrogen) atoms. The second-order valence-corrected chi connectivity index (χ2v) is 12.2. The van der Waals surface area contributed by atoms with Crippen LogP contribution in [0.2, 0.25) is 0 Å². The average Bonchev–Trinajstić information content (AvgIpc) is 3.11. The number of carbonyl (C=O) groups is 2. The Hall–Kier alpha value is -1.14. The molecule has 0 aromatic heterocycles. The van der Waals surface area contributed by atoms with Crippen molar-refractivity contribution >= 4 is 11.9 Å². The van der Waals surface area contributed by atoms with Gasteiger partial charge >= 0.3 is 11.9 Å². The lowest BCUT2D eigenvalue weighted by Crippen LogP contribution is -2.62. The van der Waals surface area contributed by atoms with E-state index in [2.05, 4.69) is 20.8 Å². The van der Waals surface area contributed by atoms with Crippen LogP contribution in [0.3, 0.4) is 0 Å². The zero-order chi connectivity index (χ0) is 24.1. The van der Waals surface area contributed by atoms with Gasteiger partial charge in [-0.2, -0.15) is 0 Å². The molecular formula is C27H44O6. The summed E-state index contributed by atoms with van der Waals surface area (Å²) in [6.45, 7) is 8.34. The van der Waals surface area contributed by atoms with E-state index < -0.39 is 6.10 Å². The predicted molar refractivity (Wildman–Crippen MR) is 124 cm³/mol. The zero-order valence-electron chi connectivity index (χ0n) is 21.1. The van der Waals surface area contributed by atoms with Gasteiger partial charge in [0.05, 0.1) is 19.3 Å². The average molecular weight is 465 g/mol. The van der Waals surface area contributed by atoms with Crippen LogP contribution in [0.15, 0.2) is 0 Å². The van der Waals surface area contributed by atoms with Crippen molar-refractivity contribution in [2.75, 3.05) is 7.11 Å². The first-order valence-electron chi connectivity index (χ1n) is 13.1. The number of esters is 2. The highest BCUT2D eigenvalue weighted by Crippen LogP contribution is 2.68. The van der Waals surface area contributed by atoms with Gasteiger partial charge < -0.3 is 19.7 Å². The van der Waals surface area contributed by atoms with Gasteiger partial charge in [0.1, 0.15) is 6.10 Å². The molecule has 4 fully saturated rings. The third-order valence-corrected chi connectivity index (χ3v) is 10.8. The van der Waals surface area contributed by atoms with Crippen molar-refractivity contribution in [2.45, 2.75) is 104 Å². The van der Waals surface area contributed by atoms with Gasteiger partial charge in [0.25, 0.3) is 0 Å². The molecule has 4 aliphatic carbocycles. The van der Waals surface area contributed by atoms with Gasteiger partial charge in [-0.25, -0.2) is 0 Å². The molecule has 6 nitrogen and oxygen atoms in total. The Morgan fingerprint density at radius 1 is 1.06 bits per heavy atom. The summed E-state index contributed by atoms with van der Waals surface area (Å²) >= 11 is 0. The minimum Gasteiger partial charge on any atom is -0.469 e. The largest absolute Gasteiger partial charge is 0.469 e. The summed E-state index contributed by atoms with van der Waals surface area (Å²) in [6, 6.07) is 0. The Morgan fingerprint density at radius 2 is 1.79 bits per heavy atom. The van der Waals surface area contributed by atoms with Crippen molar-refractivity contribution in [1.82, 2.24) is 0 Å². The molecule has 4 aliphatic rings. The fraction of sp³-hybridized carbons (Fsp3) is 0.926. The summed E-state index contributed by atoms with van der Waals surface area (Å²) in [5.41, 5.74) is -0.177. The number of aliphatic hydroxyl groups excluding tert-OH is 2. The van der Waals surface area contributed by atoms with E-state index in [0.29, 0.717) is 36.0 Å². The number of aliphatic hydroxyl groups is 2. The molecule has 0 heterocycles. The van der Waals surface area contributed by atoms with Crippen LogP contribution in [0.5, 0.6) is 0 Å². The molecule has 0 unspecified atom stereocenters. The first-order chi connectivity index (χ1) is 15.5. The van der Waals surface area contributed by atoms with Crippen LogP contribution < -0.4 is 0 Å². The summed E-state index contributed by atoms with van der Waals surface area (Å²) < 4.78 is 10.9. The maximum absolute atomic E-state index is 12.1. The molecule has 0 aromatic rings. The Balaban J connectivity index is 1.64. The van der Waals surface area contributed by atoms with Crippen LogP contribution in [0.25, 0.3) is 0 Å². The number of rotatable bonds is 5. The Bertz CT molecular complexity index is 753. The Kier molecular flexibility index (Phi) is 6.92. The maximum atomic E-state index is 12.1. The molecule has 0 aromatic carbocycles. The highest BCUT2D eigenvalue weighted by atomic mass is 16.5. The SMILES string of the molecule is COC(=O)CC[C@H](C)[C@H]1CC[C@H]2[C@@H]3[C@H](OC(C)=O)C[C@H]4C[C@@H](O)CC[C@]4(C)[C@H]3C[C@@H](O)[C@]12C. The summed E-state index contributed by atoms with van der Waals surface area (Å²) in [5.74, 6) is 1.40. The molecular weight excluding hydrogens is 420 g/mol. The van der Waals surface area contributed by atoms with Gasteiger partial charge in [-0.3, -0.25) is 9.59 Å². The zero-order valence-corrected chi connectivity index (χ0v) is 21.1. The first-order valence-corrected chi connectivity index (χ1v) is 13.1. The smallest absolute Gasteiger partial charge is 0.305 e. The minimum atomic E-state index is -0.405. The molecule has 0 radical (unpaired) electrons. The molecule has 0 aliphatic heterocycles. The number of hydrogen-bond donors (Lipinski definition) is 2. The molecule has 11 atom stereocenters. The van der Waals surface area contributed by atoms with E-state index >= 15 is 0 Å². The predicted octanol–water partition coefficient (Wildman–Crippen LogP) is 4.11. The minimum absolute atomic E-state index is 0.0669. The standard InChI is InChI=1S/C27H44O6/c1-15(6-9-24(31)32-5)19-7-8-20-25-21(14-23(30)27(19,20)4)26(3)11-10-18(29)12-17(26)13-22(25)33-16(2)28/h15,17-23,25,29-30H,6-14H2,1-5H3/t15-,17+,18-,19+,20-,21-,22+,23+,25-,26-,27+/m0/s1. The fourth-order valence-electron chi connectivity index (χ4n) is 9.09. The van der Waals surface area contributed by atoms with E-state index in [1.165, 1.54) is 14.0 Å².